The van der Waals surface area contributed by atoms with Gasteiger partial charge in [-0.1, -0.05) is 12.1 Å². The molecule has 1 unspecified atom stereocenters. The van der Waals surface area contributed by atoms with Crippen molar-refractivity contribution in [3.63, 3.8) is 0 Å². The maximum Gasteiger partial charge on any atom is 0.266 e. The average molecular weight is 359 g/mol. The quantitative estimate of drug-likeness (QED) is 0.829. The molecule has 6 heteroatoms. The van der Waals surface area contributed by atoms with Crippen LogP contribution in [0.25, 0.3) is 0 Å². The lowest BCUT2D eigenvalue weighted by atomic mass is 10.1. The maximum absolute atomic E-state index is 13.1. The van der Waals surface area contributed by atoms with Gasteiger partial charge in [0.05, 0.1) is 12.4 Å². The van der Waals surface area contributed by atoms with Crippen molar-refractivity contribution < 1.29 is 4.39 Å². The van der Waals surface area contributed by atoms with Gasteiger partial charge in [0.1, 0.15) is 15.2 Å². The molecule has 0 radical (unpaired) electrons. The minimum absolute atomic E-state index is 0.136. The number of nitrogens with one attached hydrogen (secondary N) is 2. The number of anilines is 1. The third kappa shape index (κ3) is 2.87. The number of nitrogens with zero attached hydrogens (tertiary/aromatic N) is 1. The Bertz CT molecular complexity index is 614. The highest BCUT2D eigenvalue weighted by atomic mass is 127. The van der Waals surface area contributed by atoms with Gasteiger partial charge in [-0.25, -0.2) is 9.37 Å². The van der Waals surface area contributed by atoms with E-state index in [0.717, 1.165) is 5.56 Å². The molecule has 0 aliphatic heterocycles. The molecular formula is C12H11FIN3O. The third-order valence-corrected chi connectivity index (χ3v) is 3.50. The van der Waals surface area contributed by atoms with E-state index < -0.39 is 0 Å². The number of halogens is 2. The highest BCUT2D eigenvalue weighted by Crippen LogP contribution is 2.20. The Morgan fingerprint density at radius 3 is 3.00 bits per heavy atom. The van der Waals surface area contributed by atoms with Crippen LogP contribution in [-0.2, 0) is 0 Å². The third-order valence-electron chi connectivity index (χ3n) is 2.50. The fourth-order valence-electron chi connectivity index (χ4n) is 1.55. The van der Waals surface area contributed by atoms with Gasteiger partial charge in [-0.05, 0) is 47.2 Å². The van der Waals surface area contributed by atoms with Gasteiger partial charge in [0.15, 0.2) is 0 Å². The summed E-state index contributed by atoms with van der Waals surface area (Å²) in [6.45, 7) is 1.88. The smallest absolute Gasteiger partial charge is 0.266 e. The number of rotatable bonds is 3. The summed E-state index contributed by atoms with van der Waals surface area (Å²) < 4.78 is 13.6. The van der Waals surface area contributed by atoms with E-state index in [4.69, 9.17) is 0 Å². The lowest BCUT2D eigenvalue weighted by Crippen LogP contribution is -2.16. The zero-order valence-corrected chi connectivity index (χ0v) is 11.7. The summed E-state index contributed by atoms with van der Waals surface area (Å²) in [4.78, 5) is 18.0. The van der Waals surface area contributed by atoms with E-state index in [1.165, 1.54) is 18.5 Å². The van der Waals surface area contributed by atoms with Crippen molar-refractivity contribution in [2.24, 2.45) is 0 Å². The second kappa shape index (κ2) is 5.47. The molecular weight excluding hydrogens is 348 g/mol. The van der Waals surface area contributed by atoms with Gasteiger partial charge in [0.2, 0.25) is 0 Å². The van der Waals surface area contributed by atoms with E-state index in [1.54, 1.807) is 6.07 Å². The average Bonchev–Trinajstić information content (AvgIpc) is 2.35. The molecule has 1 atom stereocenters. The lowest BCUT2D eigenvalue weighted by molar-refractivity contribution is 0.623. The van der Waals surface area contributed by atoms with Gasteiger partial charge in [-0.2, -0.15) is 0 Å². The Morgan fingerprint density at radius 1 is 1.50 bits per heavy atom. The van der Waals surface area contributed by atoms with Gasteiger partial charge in [-0.15, -0.1) is 0 Å². The van der Waals surface area contributed by atoms with E-state index in [0.29, 0.717) is 9.39 Å². The number of benzene rings is 1. The fourth-order valence-corrected chi connectivity index (χ4v) is 2.00. The molecule has 1 aromatic heterocycles. The second-order valence-corrected chi connectivity index (χ2v) is 4.89. The molecule has 1 aromatic carbocycles. The van der Waals surface area contributed by atoms with Crippen LogP contribution in [0.1, 0.15) is 18.5 Å². The van der Waals surface area contributed by atoms with Gasteiger partial charge in [-0.3, -0.25) is 4.79 Å². The van der Waals surface area contributed by atoms with Crippen molar-refractivity contribution in [1.82, 2.24) is 9.97 Å². The minimum atomic E-state index is -0.283. The predicted molar refractivity (Wildman–Crippen MR) is 76.0 cm³/mol. The molecule has 0 bridgehead atoms. The van der Waals surface area contributed by atoms with E-state index in [1.807, 2.05) is 35.6 Å². The molecule has 0 aliphatic carbocycles. The number of aromatic nitrogens is 2. The molecule has 0 saturated heterocycles. The number of aromatic amines is 1. The largest absolute Gasteiger partial charge is 0.362 e. The summed E-state index contributed by atoms with van der Waals surface area (Å²) in [7, 11) is 0. The molecule has 94 valence electrons. The molecule has 0 aliphatic rings. The Kier molecular flexibility index (Phi) is 3.95. The first-order chi connectivity index (χ1) is 8.58. The van der Waals surface area contributed by atoms with Crippen molar-refractivity contribution >= 4 is 28.4 Å². The van der Waals surface area contributed by atoms with Crippen molar-refractivity contribution in [3.8, 4) is 0 Å². The molecule has 1 heterocycles. The Balaban J connectivity index is 2.24. The van der Waals surface area contributed by atoms with Crippen molar-refractivity contribution in [2.75, 3.05) is 5.32 Å². The second-order valence-electron chi connectivity index (χ2n) is 3.82. The minimum Gasteiger partial charge on any atom is -0.362 e. The first-order valence-corrected chi connectivity index (χ1v) is 6.41. The molecule has 18 heavy (non-hydrogen) atoms. The molecule has 0 fully saturated rings. The molecule has 0 spiro atoms. The predicted octanol–water partition coefficient (Wildman–Crippen LogP) is 2.69. The molecule has 2 rings (SSSR count). The molecule has 0 saturated carbocycles. The molecule has 2 aromatic rings. The topological polar surface area (TPSA) is 57.8 Å². The first kappa shape index (κ1) is 13.0. The zero-order valence-electron chi connectivity index (χ0n) is 9.58. The molecule has 2 N–H and O–H groups in total. The standard InChI is InChI=1S/C12H11FIN3O/c1-7(8-3-2-4-9(13)5-8)17-11-10(14)12(18)16-6-15-11/h2-7H,1H3,(H2,15,16,17,18). The highest BCUT2D eigenvalue weighted by Gasteiger charge is 2.10. The summed E-state index contributed by atoms with van der Waals surface area (Å²) in [6.07, 6.45) is 1.34. The van der Waals surface area contributed by atoms with E-state index in [2.05, 4.69) is 15.3 Å². The fraction of sp³-hybridized carbons (Fsp3) is 0.167. The van der Waals surface area contributed by atoms with Crippen LogP contribution in [0, 0.1) is 9.39 Å². The monoisotopic (exact) mass is 359 g/mol. The van der Waals surface area contributed by atoms with Crippen molar-refractivity contribution in [3.05, 3.63) is 55.9 Å². The summed E-state index contributed by atoms with van der Waals surface area (Å²) in [6, 6.07) is 6.19. The summed E-state index contributed by atoms with van der Waals surface area (Å²) >= 11 is 1.92. The van der Waals surface area contributed by atoms with Gasteiger partial charge in [0.25, 0.3) is 5.56 Å². The molecule has 4 nitrogen and oxygen atoms in total. The van der Waals surface area contributed by atoms with Crippen molar-refractivity contribution in [1.29, 1.82) is 0 Å². The van der Waals surface area contributed by atoms with Gasteiger partial charge in [0, 0.05) is 0 Å². The van der Waals surface area contributed by atoms with Crippen LogP contribution in [0.4, 0.5) is 10.2 Å². The van der Waals surface area contributed by atoms with Gasteiger partial charge < -0.3 is 10.3 Å². The van der Waals surface area contributed by atoms with E-state index in [9.17, 15) is 9.18 Å². The number of hydrogen-bond donors (Lipinski definition) is 2. The summed E-state index contributed by atoms with van der Waals surface area (Å²) in [5.74, 6) is 0.214. The Morgan fingerprint density at radius 2 is 2.28 bits per heavy atom. The molecule has 0 amide bonds. The van der Waals surface area contributed by atoms with Crippen LogP contribution in [0.5, 0.6) is 0 Å². The van der Waals surface area contributed by atoms with E-state index >= 15 is 0 Å². The number of H-pyrrole nitrogens is 1. The van der Waals surface area contributed by atoms with Crippen molar-refractivity contribution in [2.45, 2.75) is 13.0 Å². The summed E-state index contributed by atoms with van der Waals surface area (Å²) in [5, 5.41) is 3.09. The van der Waals surface area contributed by atoms with Crippen LogP contribution >= 0.6 is 22.6 Å². The normalized spacial score (nSPS) is 12.2. The zero-order chi connectivity index (χ0) is 13.1. The number of hydrogen-bond acceptors (Lipinski definition) is 3. The first-order valence-electron chi connectivity index (χ1n) is 5.33. The Labute approximate surface area is 117 Å². The Hall–Kier alpha value is -1.44. The van der Waals surface area contributed by atoms with Crippen LogP contribution in [-0.4, -0.2) is 9.97 Å². The van der Waals surface area contributed by atoms with Crippen LogP contribution in [0.2, 0.25) is 0 Å². The van der Waals surface area contributed by atoms with Crippen LogP contribution in [0.15, 0.2) is 35.4 Å². The van der Waals surface area contributed by atoms with Crippen LogP contribution < -0.4 is 10.9 Å². The van der Waals surface area contributed by atoms with E-state index in [-0.39, 0.29) is 17.4 Å². The van der Waals surface area contributed by atoms with Crippen LogP contribution in [0.3, 0.4) is 0 Å². The highest BCUT2D eigenvalue weighted by molar-refractivity contribution is 14.1. The SMILES string of the molecule is CC(Nc1nc[nH]c(=O)c1I)c1cccc(F)c1. The summed E-state index contributed by atoms with van der Waals surface area (Å²) in [5.41, 5.74) is 0.604. The maximum atomic E-state index is 13.1. The van der Waals surface area contributed by atoms with Gasteiger partial charge >= 0.3 is 0 Å². The lowest BCUT2D eigenvalue weighted by Gasteiger charge is -2.15.